The smallest absolute Gasteiger partial charge is 0.255 e. The van der Waals surface area contributed by atoms with Gasteiger partial charge in [-0.2, -0.15) is 0 Å². The second kappa shape index (κ2) is 7.74. The van der Waals surface area contributed by atoms with Gasteiger partial charge in [0.05, 0.1) is 11.9 Å². The number of nitrogens with one attached hydrogen (secondary N) is 1. The minimum atomic E-state index is -3.43. The third kappa shape index (κ3) is 3.77. The van der Waals surface area contributed by atoms with Crippen molar-refractivity contribution in [2.24, 2.45) is 0 Å². The number of hydrogen-bond acceptors (Lipinski definition) is 3. The molecule has 4 aromatic rings. The van der Waals surface area contributed by atoms with Crippen molar-refractivity contribution in [2.45, 2.75) is 20.4 Å². The number of benzene rings is 3. The first-order chi connectivity index (χ1) is 14.7. The minimum Gasteiger partial charge on any atom is -0.341 e. The van der Waals surface area contributed by atoms with Crippen LogP contribution in [0.3, 0.4) is 0 Å². The minimum absolute atomic E-state index is 0.290. The average molecular weight is 436 g/mol. The first-order valence-electron chi connectivity index (χ1n) is 10.1. The molecule has 0 unspecified atom stereocenters. The Morgan fingerprint density at radius 2 is 1.71 bits per heavy atom. The summed E-state index contributed by atoms with van der Waals surface area (Å²) >= 11 is 0. The molecule has 0 saturated carbocycles. The van der Waals surface area contributed by atoms with Crippen molar-refractivity contribution in [3.05, 3.63) is 71.8 Å². The van der Waals surface area contributed by atoms with Gasteiger partial charge in [0, 0.05) is 46.6 Å². The van der Waals surface area contributed by atoms with Crippen LogP contribution < -0.4 is 9.62 Å². The van der Waals surface area contributed by atoms with Crippen LogP contribution in [-0.4, -0.2) is 32.2 Å². The molecule has 0 atom stereocenters. The summed E-state index contributed by atoms with van der Waals surface area (Å²) in [6, 6.07) is 19.2. The summed E-state index contributed by atoms with van der Waals surface area (Å²) in [5, 5.41) is 5.17. The lowest BCUT2D eigenvalue weighted by atomic mass is 10.1. The van der Waals surface area contributed by atoms with Gasteiger partial charge in [0.25, 0.3) is 5.91 Å². The van der Waals surface area contributed by atoms with Gasteiger partial charge in [-0.05, 0) is 55.8 Å². The quantitative estimate of drug-likeness (QED) is 0.491. The number of hydrogen-bond donors (Lipinski definition) is 1. The lowest BCUT2D eigenvalue weighted by molar-refractivity contribution is 0.102. The van der Waals surface area contributed by atoms with Gasteiger partial charge in [0.15, 0.2) is 0 Å². The molecule has 6 nitrogen and oxygen atoms in total. The number of sulfonamides is 1. The maximum absolute atomic E-state index is 12.9. The summed E-state index contributed by atoms with van der Waals surface area (Å²) in [6.07, 6.45) is 1.14. The zero-order valence-corrected chi connectivity index (χ0v) is 18.8. The number of carbonyl (C=O) groups is 1. The van der Waals surface area contributed by atoms with E-state index in [4.69, 9.17) is 0 Å². The predicted molar refractivity (Wildman–Crippen MR) is 127 cm³/mol. The Kier molecular flexibility index (Phi) is 5.23. The first-order valence-corrected chi connectivity index (χ1v) is 11.9. The molecule has 1 heterocycles. The number of aryl methyl sites for hydroxylation is 2. The Labute approximate surface area is 182 Å². The molecule has 0 bridgehead atoms. The summed E-state index contributed by atoms with van der Waals surface area (Å²) in [5.74, 6) is -0.290. The van der Waals surface area contributed by atoms with E-state index in [0.717, 1.165) is 40.2 Å². The topological polar surface area (TPSA) is 71.4 Å². The molecule has 0 aliphatic rings. The normalized spacial score (nSPS) is 11.7. The Morgan fingerprint density at radius 1 is 1.00 bits per heavy atom. The highest BCUT2D eigenvalue weighted by Gasteiger charge is 2.17. The van der Waals surface area contributed by atoms with E-state index in [2.05, 4.69) is 28.9 Å². The van der Waals surface area contributed by atoms with Crippen LogP contribution in [0.1, 0.15) is 22.8 Å². The molecule has 0 saturated heterocycles. The third-order valence-electron chi connectivity index (χ3n) is 5.65. The molecule has 31 heavy (non-hydrogen) atoms. The fraction of sp³-hybridized carbons (Fsp3) is 0.208. The number of anilines is 2. The van der Waals surface area contributed by atoms with E-state index in [9.17, 15) is 13.2 Å². The molecule has 1 N–H and O–H groups in total. The number of fused-ring (bicyclic) bond motifs is 3. The van der Waals surface area contributed by atoms with Gasteiger partial charge in [-0.15, -0.1) is 0 Å². The van der Waals surface area contributed by atoms with Gasteiger partial charge < -0.3 is 9.88 Å². The molecular formula is C24H25N3O3S. The molecule has 7 heteroatoms. The van der Waals surface area contributed by atoms with Crippen LogP contribution in [0.15, 0.2) is 60.7 Å². The van der Waals surface area contributed by atoms with Gasteiger partial charge in [0.1, 0.15) is 0 Å². The van der Waals surface area contributed by atoms with Gasteiger partial charge in [-0.3, -0.25) is 9.10 Å². The second-order valence-electron chi connectivity index (χ2n) is 7.68. The van der Waals surface area contributed by atoms with Gasteiger partial charge in [-0.25, -0.2) is 8.42 Å². The Morgan fingerprint density at radius 3 is 2.42 bits per heavy atom. The Hall–Kier alpha value is -3.32. The predicted octanol–water partition coefficient (Wildman–Crippen LogP) is 4.77. The molecule has 0 spiro atoms. The van der Waals surface area contributed by atoms with Crippen LogP contribution in [0.25, 0.3) is 21.8 Å². The van der Waals surface area contributed by atoms with Gasteiger partial charge in [-0.1, -0.05) is 24.3 Å². The zero-order valence-electron chi connectivity index (χ0n) is 18.0. The van der Waals surface area contributed by atoms with E-state index >= 15 is 0 Å². The van der Waals surface area contributed by atoms with E-state index in [1.165, 1.54) is 11.4 Å². The van der Waals surface area contributed by atoms with Gasteiger partial charge >= 0.3 is 0 Å². The van der Waals surface area contributed by atoms with Crippen LogP contribution >= 0.6 is 0 Å². The van der Waals surface area contributed by atoms with Crippen LogP contribution in [0.4, 0.5) is 11.4 Å². The molecule has 0 fully saturated rings. The van der Waals surface area contributed by atoms with Crippen molar-refractivity contribution in [3.8, 4) is 0 Å². The summed E-state index contributed by atoms with van der Waals surface area (Å²) < 4.78 is 27.3. The first kappa shape index (κ1) is 20.9. The average Bonchev–Trinajstić information content (AvgIpc) is 3.06. The van der Waals surface area contributed by atoms with Crippen molar-refractivity contribution >= 4 is 49.1 Å². The lowest BCUT2D eigenvalue weighted by Crippen LogP contribution is -2.26. The maximum atomic E-state index is 12.9. The van der Waals surface area contributed by atoms with E-state index in [1.54, 1.807) is 18.2 Å². The summed E-state index contributed by atoms with van der Waals surface area (Å²) in [6.45, 7) is 4.79. The summed E-state index contributed by atoms with van der Waals surface area (Å²) in [7, 11) is -1.94. The summed E-state index contributed by atoms with van der Waals surface area (Å²) in [5.41, 5.74) is 4.63. The Balaban J connectivity index is 1.70. The number of amides is 1. The highest BCUT2D eigenvalue weighted by molar-refractivity contribution is 7.92. The monoisotopic (exact) mass is 435 g/mol. The largest absolute Gasteiger partial charge is 0.341 e. The number of nitrogens with zero attached hydrogens (tertiary/aromatic N) is 2. The standard InChI is InChI=1S/C24H25N3O3S/c1-5-27-21-9-7-6-8-19(21)20-15-18(12-13-22(20)27)25-24(28)17-11-10-16(2)23(14-17)26(3)31(4,29)30/h6-15H,5H2,1-4H3,(H,25,28). The highest BCUT2D eigenvalue weighted by Crippen LogP contribution is 2.31. The second-order valence-corrected chi connectivity index (χ2v) is 9.69. The van der Waals surface area contributed by atoms with Crippen molar-refractivity contribution in [1.82, 2.24) is 4.57 Å². The van der Waals surface area contributed by atoms with E-state index in [1.807, 2.05) is 37.3 Å². The zero-order chi connectivity index (χ0) is 22.3. The Bertz CT molecular complexity index is 1420. The van der Waals surface area contributed by atoms with Crippen molar-refractivity contribution < 1.29 is 13.2 Å². The number of rotatable bonds is 5. The number of para-hydroxylation sites is 1. The molecule has 3 aromatic carbocycles. The molecule has 1 aromatic heterocycles. The van der Waals surface area contributed by atoms with Crippen molar-refractivity contribution in [2.75, 3.05) is 22.9 Å². The lowest BCUT2D eigenvalue weighted by Gasteiger charge is -2.19. The molecule has 0 aliphatic carbocycles. The van der Waals surface area contributed by atoms with E-state index < -0.39 is 10.0 Å². The van der Waals surface area contributed by atoms with Crippen LogP contribution in [0, 0.1) is 6.92 Å². The van der Waals surface area contributed by atoms with Crippen LogP contribution in [0.2, 0.25) is 0 Å². The highest BCUT2D eigenvalue weighted by atomic mass is 32.2. The van der Waals surface area contributed by atoms with Gasteiger partial charge in [0.2, 0.25) is 10.0 Å². The van der Waals surface area contributed by atoms with Crippen LogP contribution in [0.5, 0.6) is 0 Å². The molecule has 160 valence electrons. The fourth-order valence-corrected chi connectivity index (χ4v) is 4.50. The summed E-state index contributed by atoms with van der Waals surface area (Å²) in [4.78, 5) is 12.9. The van der Waals surface area contributed by atoms with E-state index in [-0.39, 0.29) is 5.91 Å². The third-order valence-corrected chi connectivity index (χ3v) is 6.85. The van der Waals surface area contributed by atoms with Crippen molar-refractivity contribution in [1.29, 1.82) is 0 Å². The fourth-order valence-electron chi connectivity index (χ4n) is 3.94. The molecule has 1 amide bonds. The molecule has 0 aliphatic heterocycles. The number of aromatic nitrogens is 1. The van der Waals surface area contributed by atoms with Crippen LogP contribution in [-0.2, 0) is 16.6 Å². The van der Waals surface area contributed by atoms with E-state index in [0.29, 0.717) is 16.9 Å². The molecule has 0 radical (unpaired) electrons. The van der Waals surface area contributed by atoms with Crippen molar-refractivity contribution in [3.63, 3.8) is 0 Å². The molecule has 4 rings (SSSR count). The number of carbonyl (C=O) groups excluding carboxylic acids is 1. The maximum Gasteiger partial charge on any atom is 0.255 e. The molecular weight excluding hydrogens is 410 g/mol. The SMILES string of the molecule is CCn1c2ccccc2c2cc(NC(=O)c3ccc(C)c(N(C)S(C)(=O)=O)c3)ccc21.